The first-order valence-corrected chi connectivity index (χ1v) is 35.6. The number of benzene rings is 14. The van der Waals surface area contributed by atoms with Gasteiger partial charge in [0.05, 0.1) is 22.7 Å². The number of rotatable bonds is 8. The van der Waals surface area contributed by atoms with Gasteiger partial charge in [-0.25, -0.2) is 29.9 Å². The number of fused-ring (bicyclic) bond motifs is 20. The van der Waals surface area contributed by atoms with Crippen LogP contribution in [0.5, 0.6) is 0 Å². The van der Waals surface area contributed by atoms with Crippen molar-refractivity contribution in [3.8, 4) is 135 Å². The summed E-state index contributed by atoms with van der Waals surface area (Å²) in [5, 5.41) is 5.05. The summed E-state index contributed by atoms with van der Waals surface area (Å²) >= 11 is 0. The summed E-state index contributed by atoms with van der Waals surface area (Å²) in [5.74, 6) is 3.62. The second-order valence-corrected chi connectivity index (χ2v) is 29.3. The number of nitrogens with zero attached hydrogens (tertiary/aromatic N) is 8. The Hall–Kier alpha value is -13.1. The van der Waals surface area contributed by atoms with Gasteiger partial charge < -0.3 is 9.80 Å². The van der Waals surface area contributed by atoms with Crippen LogP contribution >= 0.6 is 0 Å². The summed E-state index contributed by atoms with van der Waals surface area (Å²) in [6.45, 7) is 0. The molecule has 99 heavy (non-hydrogen) atoms. The zero-order chi connectivity index (χ0) is 65.1. The first-order chi connectivity index (χ1) is 49.1. The van der Waals surface area contributed by atoms with E-state index in [1.165, 1.54) is 87.5 Å². The maximum Gasteiger partial charge on any atom is 0.182 e. The Kier molecular flexibility index (Phi) is 12.8. The molecule has 0 aliphatic carbocycles. The van der Waals surface area contributed by atoms with E-state index < -0.39 is 8.07 Å². The van der Waals surface area contributed by atoms with Gasteiger partial charge in [0.25, 0.3) is 0 Å². The molecule has 1 spiro atoms. The third kappa shape index (κ3) is 8.84. The largest absolute Gasteiger partial charge is 0.309 e. The summed E-state index contributed by atoms with van der Waals surface area (Å²) in [7, 11) is -3.61. The van der Waals surface area contributed by atoms with Crippen LogP contribution in [-0.4, -0.2) is 38.0 Å². The first kappa shape index (κ1) is 56.3. The molecule has 460 valence electrons. The Balaban J connectivity index is 0.887. The Morgan fingerprint density at radius 1 is 0.172 bits per heavy atom. The number of hydrogen-bond donors (Lipinski definition) is 0. The summed E-state index contributed by atoms with van der Waals surface area (Å²) < 4.78 is 0. The van der Waals surface area contributed by atoms with Gasteiger partial charge in [0.15, 0.2) is 43.0 Å². The van der Waals surface area contributed by atoms with Crippen molar-refractivity contribution in [2.75, 3.05) is 9.80 Å². The van der Waals surface area contributed by atoms with E-state index in [9.17, 15) is 0 Å². The molecule has 0 N–H and O–H groups in total. The fourth-order valence-corrected chi connectivity index (χ4v) is 21.6. The van der Waals surface area contributed by atoms with Crippen LogP contribution in [0.15, 0.2) is 340 Å². The van der Waals surface area contributed by atoms with Crippen LogP contribution < -0.4 is 30.5 Å². The van der Waals surface area contributed by atoms with Crippen molar-refractivity contribution >= 4 is 62.9 Å². The van der Waals surface area contributed by atoms with E-state index in [-0.39, 0.29) is 0 Å². The number of para-hydroxylation sites is 4. The van der Waals surface area contributed by atoms with Gasteiger partial charge in [-0.15, -0.1) is 0 Å². The first-order valence-electron chi connectivity index (χ1n) is 33.6. The maximum atomic E-state index is 5.42. The third-order valence-electron chi connectivity index (χ3n) is 20.3. The van der Waals surface area contributed by atoms with Crippen molar-refractivity contribution in [2.45, 2.75) is 0 Å². The number of aromatic nitrogens is 6. The average molecular weight is 1280 g/mol. The topological polar surface area (TPSA) is 83.8 Å². The van der Waals surface area contributed by atoms with Gasteiger partial charge in [0, 0.05) is 67.0 Å². The predicted molar refractivity (Wildman–Crippen MR) is 406 cm³/mol. The Morgan fingerprint density at radius 2 is 0.434 bits per heavy atom. The molecule has 0 saturated carbocycles. The van der Waals surface area contributed by atoms with Crippen LogP contribution in [0.1, 0.15) is 0 Å². The van der Waals surface area contributed by atoms with E-state index in [2.05, 4.69) is 277 Å². The van der Waals surface area contributed by atoms with E-state index in [1.807, 2.05) is 72.8 Å². The minimum absolute atomic E-state index is 0.595. The molecule has 2 aromatic heterocycles. The molecule has 0 bridgehead atoms. The van der Waals surface area contributed by atoms with Crippen LogP contribution in [0.3, 0.4) is 0 Å². The van der Waals surface area contributed by atoms with Crippen LogP contribution in [-0.2, 0) is 0 Å². The summed E-state index contributed by atoms with van der Waals surface area (Å²) in [4.78, 5) is 37.1. The highest BCUT2D eigenvalue weighted by Crippen LogP contribution is 2.54. The van der Waals surface area contributed by atoms with Crippen molar-refractivity contribution in [3.63, 3.8) is 0 Å². The lowest BCUT2D eigenvalue weighted by molar-refractivity contribution is 1.07. The fourth-order valence-electron chi connectivity index (χ4n) is 15.9. The summed E-state index contributed by atoms with van der Waals surface area (Å²) in [6, 6.07) is 123. The lowest BCUT2D eigenvalue weighted by Gasteiger charge is -2.31. The molecule has 20 rings (SSSR count). The van der Waals surface area contributed by atoms with Gasteiger partial charge in [0.2, 0.25) is 0 Å². The van der Waals surface area contributed by atoms with E-state index in [0.717, 1.165) is 67.5 Å². The molecule has 6 heterocycles. The second kappa shape index (κ2) is 22.5. The second-order valence-electron chi connectivity index (χ2n) is 25.6. The van der Waals surface area contributed by atoms with Crippen molar-refractivity contribution in [2.24, 2.45) is 0 Å². The third-order valence-corrected chi connectivity index (χ3v) is 25.2. The molecule has 16 aromatic rings. The molecule has 9 heteroatoms. The Morgan fingerprint density at radius 3 is 0.788 bits per heavy atom. The molecule has 0 atom stereocenters. The quantitative estimate of drug-likeness (QED) is 0.139. The smallest absolute Gasteiger partial charge is 0.182 e. The van der Waals surface area contributed by atoms with E-state index in [4.69, 9.17) is 29.9 Å². The molecule has 0 unspecified atom stereocenters. The summed E-state index contributed by atoms with van der Waals surface area (Å²) in [5.41, 5.74) is 26.2. The zero-order valence-corrected chi connectivity index (χ0v) is 54.4. The van der Waals surface area contributed by atoms with Crippen molar-refractivity contribution in [1.82, 2.24) is 29.9 Å². The van der Waals surface area contributed by atoms with Crippen molar-refractivity contribution in [1.29, 1.82) is 0 Å². The SMILES string of the molecule is c1ccc(-c2nc(-c3ccccc3)nc(-c3ccc4c(c3)[Si]3(c5ccc(N6c7ccccc7-c7ccccc7-c7ccccc76)cc5-c5ccc(N6c7ccccc7-c7ccccc7-c7ccccc76)cc53)c3cc(-c5nc(-c6ccccc6)nc(-c6ccccc6)n5)ccc3-4)n2)cc1. The average Bonchev–Trinajstić information content (AvgIpc) is 1.50. The lowest BCUT2D eigenvalue weighted by atomic mass is 9.95. The predicted octanol–water partition coefficient (Wildman–Crippen LogP) is 19.6. The molecule has 0 saturated heterocycles. The van der Waals surface area contributed by atoms with E-state index in [0.29, 0.717) is 34.9 Å². The van der Waals surface area contributed by atoms with Crippen LogP contribution in [0, 0.1) is 0 Å². The molecule has 0 radical (unpaired) electrons. The standard InChI is InChI=1S/C90H56N8Si/c1-5-25-57(26-6-1)85-91-86(58-27-7-2-8-28-58)94-89(93-85)61-45-49-73-74-50-46-62(90-95-87(59-29-9-3-10-30-59)92-88(96-90)60-31-11-4-12-32-60)54-83(74)99(82(73)53-61)81-52-48-63(97-77-41-21-17-37-69(77)65-33-13-14-34-66(65)70-38-18-22-42-78(70)97)55-76(81)75-51-47-64(56-84(75)99)98-79-43-23-19-39-71(79)67-35-15-16-36-68(67)72-40-20-24-44-80(72)98/h1-56H. The fraction of sp³-hybridized carbons (Fsp3) is 0. The molecular formula is C90H56N8Si. The molecular weight excluding hydrogens is 1220 g/mol. The van der Waals surface area contributed by atoms with Gasteiger partial charge in [-0.3, -0.25) is 0 Å². The molecule has 14 aromatic carbocycles. The molecule has 4 aliphatic heterocycles. The highest BCUT2D eigenvalue weighted by Gasteiger charge is 2.55. The van der Waals surface area contributed by atoms with Gasteiger partial charge in [-0.2, -0.15) is 0 Å². The molecule has 4 aliphatic rings. The van der Waals surface area contributed by atoms with Crippen LogP contribution in [0.25, 0.3) is 135 Å². The highest BCUT2D eigenvalue weighted by molar-refractivity contribution is 7.24. The van der Waals surface area contributed by atoms with Crippen molar-refractivity contribution < 1.29 is 0 Å². The monoisotopic (exact) mass is 1280 g/mol. The van der Waals surface area contributed by atoms with Gasteiger partial charge >= 0.3 is 0 Å². The minimum Gasteiger partial charge on any atom is -0.309 e. The van der Waals surface area contributed by atoms with Crippen LogP contribution in [0.4, 0.5) is 34.1 Å². The summed E-state index contributed by atoms with van der Waals surface area (Å²) in [6.07, 6.45) is 0. The Labute approximate surface area is 573 Å². The van der Waals surface area contributed by atoms with Crippen molar-refractivity contribution in [3.05, 3.63) is 340 Å². The zero-order valence-electron chi connectivity index (χ0n) is 53.4. The number of anilines is 6. The Bertz CT molecular complexity index is 5540. The van der Waals surface area contributed by atoms with Crippen LogP contribution in [0.2, 0.25) is 0 Å². The van der Waals surface area contributed by atoms with E-state index in [1.54, 1.807) is 0 Å². The minimum atomic E-state index is -3.61. The van der Waals surface area contributed by atoms with Gasteiger partial charge in [-0.05, 0) is 114 Å². The molecule has 0 fully saturated rings. The molecule has 0 amide bonds. The normalized spacial score (nSPS) is 12.9. The maximum absolute atomic E-state index is 5.42. The van der Waals surface area contributed by atoms with E-state index >= 15 is 0 Å². The van der Waals surface area contributed by atoms with Gasteiger partial charge in [0.1, 0.15) is 0 Å². The highest BCUT2D eigenvalue weighted by atomic mass is 28.3. The number of hydrogen-bond acceptors (Lipinski definition) is 8. The lowest BCUT2D eigenvalue weighted by Crippen LogP contribution is -2.70. The molecule has 8 nitrogen and oxygen atoms in total. The van der Waals surface area contributed by atoms with Gasteiger partial charge in [-0.1, -0.05) is 291 Å².